The molecular formula is C32H36N4O2S. The van der Waals surface area contributed by atoms with Crippen LogP contribution in [0.5, 0.6) is 5.75 Å². The average molecular weight is 541 g/mol. The lowest BCUT2D eigenvalue weighted by molar-refractivity contribution is -0.132. The molecule has 1 aliphatic heterocycles. The highest BCUT2D eigenvalue weighted by Gasteiger charge is 2.23. The monoisotopic (exact) mass is 540 g/mol. The summed E-state index contributed by atoms with van der Waals surface area (Å²) >= 11 is 1.65. The van der Waals surface area contributed by atoms with Gasteiger partial charge in [0.15, 0.2) is 11.0 Å². The van der Waals surface area contributed by atoms with Gasteiger partial charge in [0.05, 0.1) is 7.11 Å². The molecule has 0 spiro atoms. The normalized spacial score (nSPS) is 13.9. The summed E-state index contributed by atoms with van der Waals surface area (Å²) in [5.74, 6) is 3.35. The first kappa shape index (κ1) is 27.0. The van der Waals surface area contributed by atoms with Gasteiger partial charge in [-0.1, -0.05) is 71.9 Å². The van der Waals surface area contributed by atoms with Crippen LogP contribution in [0.3, 0.4) is 0 Å². The van der Waals surface area contributed by atoms with Gasteiger partial charge in [0.1, 0.15) is 5.75 Å². The Morgan fingerprint density at radius 2 is 1.67 bits per heavy atom. The van der Waals surface area contributed by atoms with Crippen LogP contribution in [0.1, 0.15) is 36.8 Å². The summed E-state index contributed by atoms with van der Waals surface area (Å²) < 4.78 is 7.44. The van der Waals surface area contributed by atoms with Crippen molar-refractivity contribution in [3.8, 4) is 22.8 Å². The van der Waals surface area contributed by atoms with E-state index in [1.165, 1.54) is 11.1 Å². The molecule has 6 nitrogen and oxygen atoms in total. The summed E-state index contributed by atoms with van der Waals surface area (Å²) in [6.45, 7) is 3.82. The third kappa shape index (κ3) is 6.90. The van der Waals surface area contributed by atoms with Crippen LogP contribution < -0.4 is 4.74 Å². The maximum atomic E-state index is 12.9. The smallest absolute Gasteiger partial charge is 0.222 e. The minimum absolute atomic E-state index is 0.269. The maximum Gasteiger partial charge on any atom is 0.222 e. The third-order valence-corrected chi connectivity index (χ3v) is 8.39. The lowest BCUT2D eigenvalue weighted by Crippen LogP contribution is -2.38. The molecule has 4 aromatic rings. The van der Waals surface area contributed by atoms with Gasteiger partial charge in [0.25, 0.3) is 0 Å². The van der Waals surface area contributed by atoms with E-state index in [9.17, 15) is 4.79 Å². The average Bonchev–Trinajstić information content (AvgIpc) is 3.40. The number of methoxy groups -OCH3 is 1. The van der Waals surface area contributed by atoms with Crippen molar-refractivity contribution < 1.29 is 9.53 Å². The number of aryl methyl sites for hydroxylation is 1. The zero-order valence-electron chi connectivity index (χ0n) is 22.8. The molecule has 1 fully saturated rings. The number of amides is 1. The molecule has 1 aliphatic rings. The SMILES string of the molecule is COc1ccc(-n2c(SCCCC(=O)N3CCC(Cc4ccccc4)CC3)nnc2-c2ccc(C)cc2)cc1. The molecule has 0 saturated carbocycles. The van der Waals surface area contributed by atoms with Gasteiger partial charge in [-0.25, -0.2) is 0 Å². The Bertz CT molecular complexity index is 1350. The lowest BCUT2D eigenvalue weighted by Gasteiger charge is -2.32. The van der Waals surface area contributed by atoms with Gasteiger partial charge in [-0.3, -0.25) is 9.36 Å². The first-order valence-electron chi connectivity index (χ1n) is 13.7. The van der Waals surface area contributed by atoms with Crippen molar-refractivity contribution >= 4 is 17.7 Å². The quantitative estimate of drug-likeness (QED) is 0.167. The molecule has 0 radical (unpaired) electrons. The Morgan fingerprint density at radius 3 is 2.36 bits per heavy atom. The van der Waals surface area contributed by atoms with Crippen LogP contribution in [0.2, 0.25) is 0 Å². The number of thioether (sulfide) groups is 1. The first-order valence-corrected chi connectivity index (χ1v) is 14.7. The fourth-order valence-electron chi connectivity index (χ4n) is 5.10. The van der Waals surface area contributed by atoms with E-state index in [-0.39, 0.29) is 5.91 Å². The Hall–Kier alpha value is -3.58. The number of benzene rings is 3. The molecule has 5 rings (SSSR count). The van der Waals surface area contributed by atoms with Crippen LogP contribution in [-0.2, 0) is 11.2 Å². The zero-order chi connectivity index (χ0) is 27.0. The van der Waals surface area contributed by atoms with Crippen LogP contribution in [0, 0.1) is 12.8 Å². The summed E-state index contributed by atoms with van der Waals surface area (Å²) in [4.78, 5) is 15.0. The van der Waals surface area contributed by atoms with Gasteiger partial charge < -0.3 is 9.64 Å². The highest BCUT2D eigenvalue weighted by Crippen LogP contribution is 2.30. The molecule has 1 aromatic heterocycles. The molecule has 0 bridgehead atoms. The number of aromatic nitrogens is 3. The number of hydrogen-bond acceptors (Lipinski definition) is 5. The molecule has 202 valence electrons. The van der Waals surface area contributed by atoms with Gasteiger partial charge in [-0.15, -0.1) is 10.2 Å². The van der Waals surface area contributed by atoms with Crippen molar-refractivity contribution in [3.05, 3.63) is 90.0 Å². The Labute approximate surface area is 235 Å². The molecule has 1 amide bonds. The molecule has 7 heteroatoms. The predicted octanol–water partition coefficient (Wildman–Crippen LogP) is 6.60. The van der Waals surface area contributed by atoms with E-state index in [0.717, 1.165) is 72.5 Å². The number of rotatable bonds is 10. The standard InChI is InChI=1S/C32H36N4O2S/c1-24-10-12-27(13-11-24)31-33-34-32(36(31)28-14-16-29(38-2)17-15-28)39-22-6-9-30(37)35-20-18-26(19-21-35)23-25-7-4-3-5-8-25/h3-5,7-8,10-17,26H,6,9,18-23H2,1-2H3. The zero-order valence-corrected chi connectivity index (χ0v) is 23.6. The summed E-state index contributed by atoms with van der Waals surface area (Å²) in [7, 11) is 1.67. The molecule has 0 atom stereocenters. The topological polar surface area (TPSA) is 60.2 Å². The Kier molecular flexibility index (Phi) is 8.99. The van der Waals surface area contributed by atoms with Gasteiger partial charge >= 0.3 is 0 Å². The maximum absolute atomic E-state index is 12.9. The lowest BCUT2D eigenvalue weighted by atomic mass is 9.90. The van der Waals surface area contributed by atoms with E-state index in [1.807, 2.05) is 24.3 Å². The second-order valence-corrected chi connectivity index (χ2v) is 11.2. The minimum Gasteiger partial charge on any atom is -0.497 e. The third-order valence-electron chi connectivity index (χ3n) is 7.37. The van der Waals surface area contributed by atoms with Crippen LogP contribution >= 0.6 is 11.8 Å². The molecule has 0 N–H and O–H groups in total. The van der Waals surface area contributed by atoms with E-state index in [0.29, 0.717) is 12.3 Å². The van der Waals surface area contributed by atoms with Gasteiger partial charge in [-0.05, 0) is 68.4 Å². The number of likely N-dealkylation sites (tertiary alicyclic amines) is 1. The first-order chi connectivity index (χ1) is 19.1. The second kappa shape index (κ2) is 13.0. The molecule has 0 unspecified atom stereocenters. The fraction of sp³-hybridized carbons (Fsp3) is 0.344. The molecule has 1 saturated heterocycles. The summed E-state index contributed by atoms with van der Waals surface area (Å²) in [5, 5.41) is 9.90. The van der Waals surface area contributed by atoms with Crippen molar-refractivity contribution in [2.75, 3.05) is 26.0 Å². The highest BCUT2D eigenvalue weighted by molar-refractivity contribution is 7.99. The van der Waals surface area contributed by atoms with E-state index in [2.05, 4.69) is 81.2 Å². The number of nitrogens with zero attached hydrogens (tertiary/aromatic N) is 4. The second-order valence-electron chi connectivity index (χ2n) is 10.2. The summed E-state index contributed by atoms with van der Waals surface area (Å²) in [6, 6.07) is 27.0. The van der Waals surface area contributed by atoms with Crippen LogP contribution in [0.4, 0.5) is 0 Å². The van der Waals surface area contributed by atoms with Gasteiger partial charge in [-0.2, -0.15) is 0 Å². The van der Waals surface area contributed by atoms with Crippen molar-refractivity contribution in [2.45, 2.75) is 44.2 Å². The van der Waals surface area contributed by atoms with E-state index < -0.39 is 0 Å². The summed E-state index contributed by atoms with van der Waals surface area (Å²) in [5.41, 5.74) is 4.59. The number of hydrogen-bond donors (Lipinski definition) is 0. The van der Waals surface area contributed by atoms with Crippen LogP contribution in [0.25, 0.3) is 17.1 Å². The number of piperidine rings is 1. The molecule has 39 heavy (non-hydrogen) atoms. The van der Waals surface area contributed by atoms with Crippen molar-refractivity contribution in [1.82, 2.24) is 19.7 Å². The highest BCUT2D eigenvalue weighted by atomic mass is 32.2. The summed E-state index contributed by atoms with van der Waals surface area (Å²) in [6.07, 6.45) is 4.66. The van der Waals surface area contributed by atoms with E-state index in [1.54, 1.807) is 18.9 Å². The van der Waals surface area contributed by atoms with Gasteiger partial charge in [0, 0.05) is 36.5 Å². The predicted molar refractivity (Wildman–Crippen MR) is 157 cm³/mol. The minimum atomic E-state index is 0.269. The fourth-order valence-corrected chi connectivity index (χ4v) is 5.99. The number of carbonyl (C=O) groups excluding carboxylic acids is 1. The molecule has 2 heterocycles. The van der Waals surface area contributed by atoms with Crippen molar-refractivity contribution in [2.24, 2.45) is 5.92 Å². The van der Waals surface area contributed by atoms with Crippen LogP contribution in [-0.4, -0.2) is 51.5 Å². The largest absolute Gasteiger partial charge is 0.497 e. The number of ether oxygens (including phenoxy) is 1. The van der Waals surface area contributed by atoms with E-state index >= 15 is 0 Å². The number of carbonyl (C=O) groups is 1. The van der Waals surface area contributed by atoms with Gasteiger partial charge in [0.2, 0.25) is 5.91 Å². The van der Waals surface area contributed by atoms with Crippen molar-refractivity contribution in [1.29, 1.82) is 0 Å². The molecule has 0 aliphatic carbocycles. The van der Waals surface area contributed by atoms with Crippen molar-refractivity contribution in [3.63, 3.8) is 0 Å². The van der Waals surface area contributed by atoms with Crippen LogP contribution in [0.15, 0.2) is 84.0 Å². The Balaban J connectivity index is 1.17. The molecular weight excluding hydrogens is 504 g/mol. The Morgan fingerprint density at radius 1 is 0.949 bits per heavy atom. The van der Waals surface area contributed by atoms with E-state index in [4.69, 9.17) is 4.74 Å². The molecule has 3 aromatic carbocycles.